The van der Waals surface area contributed by atoms with Gasteiger partial charge in [0, 0.05) is 13.5 Å². The second kappa shape index (κ2) is 6.18. The summed E-state index contributed by atoms with van der Waals surface area (Å²) in [5.41, 5.74) is 1.17. The van der Waals surface area contributed by atoms with Crippen LogP contribution < -0.4 is 0 Å². The lowest BCUT2D eigenvalue weighted by molar-refractivity contribution is -0.0366. The van der Waals surface area contributed by atoms with Crippen molar-refractivity contribution in [1.82, 2.24) is 0 Å². The van der Waals surface area contributed by atoms with Gasteiger partial charge in [0.15, 0.2) is 0 Å². The number of rotatable bonds is 5. The molecule has 102 valence electrons. The van der Waals surface area contributed by atoms with Gasteiger partial charge in [-0.25, -0.2) is 0 Å². The van der Waals surface area contributed by atoms with Crippen molar-refractivity contribution >= 4 is 10.8 Å². The minimum atomic E-state index is -0.476. The molecule has 0 aromatic heterocycles. The van der Waals surface area contributed by atoms with E-state index in [4.69, 9.17) is 4.74 Å². The van der Waals surface area contributed by atoms with Crippen molar-refractivity contribution in [2.75, 3.05) is 7.11 Å². The van der Waals surface area contributed by atoms with E-state index in [1.165, 1.54) is 16.3 Å². The number of fused-ring (bicyclic) bond motifs is 1. The zero-order chi connectivity index (χ0) is 13.8. The molecule has 2 atom stereocenters. The van der Waals surface area contributed by atoms with Crippen molar-refractivity contribution in [3.05, 3.63) is 48.0 Å². The van der Waals surface area contributed by atoms with E-state index >= 15 is 0 Å². The van der Waals surface area contributed by atoms with Crippen LogP contribution in [0.2, 0.25) is 0 Å². The van der Waals surface area contributed by atoms with Gasteiger partial charge in [-0.3, -0.25) is 0 Å². The Morgan fingerprint density at radius 2 is 1.74 bits per heavy atom. The molecule has 2 aromatic rings. The number of aliphatic hydroxyl groups excluding tert-OH is 1. The SMILES string of the molecule is COC(C(C)C)C(O)Cc1cccc2ccccc12. The predicted octanol–water partition coefficient (Wildman–Crippen LogP) is 3.41. The molecule has 0 radical (unpaired) electrons. The van der Waals surface area contributed by atoms with Crippen LogP contribution in [0.15, 0.2) is 42.5 Å². The maximum absolute atomic E-state index is 10.4. The van der Waals surface area contributed by atoms with Crippen molar-refractivity contribution in [2.45, 2.75) is 32.5 Å². The van der Waals surface area contributed by atoms with Gasteiger partial charge in [-0.2, -0.15) is 0 Å². The third-order valence-electron chi connectivity index (χ3n) is 3.62. The van der Waals surface area contributed by atoms with Crippen LogP contribution in [-0.4, -0.2) is 24.4 Å². The van der Waals surface area contributed by atoms with Crippen molar-refractivity contribution < 1.29 is 9.84 Å². The minimum absolute atomic E-state index is 0.126. The van der Waals surface area contributed by atoms with Gasteiger partial charge in [-0.05, 0) is 22.3 Å². The van der Waals surface area contributed by atoms with E-state index in [0.29, 0.717) is 12.3 Å². The second-order valence-electron chi connectivity index (χ2n) is 5.35. The number of methoxy groups -OCH3 is 1. The van der Waals surface area contributed by atoms with Gasteiger partial charge in [0.25, 0.3) is 0 Å². The topological polar surface area (TPSA) is 29.5 Å². The molecule has 2 aromatic carbocycles. The molecule has 0 spiro atoms. The summed E-state index contributed by atoms with van der Waals surface area (Å²) < 4.78 is 5.41. The molecule has 2 unspecified atom stereocenters. The summed E-state index contributed by atoms with van der Waals surface area (Å²) in [5.74, 6) is 0.301. The number of hydrogen-bond donors (Lipinski definition) is 1. The molecule has 0 saturated carbocycles. The van der Waals surface area contributed by atoms with Crippen molar-refractivity contribution in [3.63, 3.8) is 0 Å². The van der Waals surface area contributed by atoms with Crippen molar-refractivity contribution in [2.24, 2.45) is 5.92 Å². The second-order valence-corrected chi connectivity index (χ2v) is 5.35. The first-order chi connectivity index (χ1) is 9.13. The highest BCUT2D eigenvalue weighted by Crippen LogP contribution is 2.22. The molecular formula is C17H22O2. The van der Waals surface area contributed by atoms with E-state index in [2.05, 4.69) is 38.1 Å². The predicted molar refractivity (Wildman–Crippen MR) is 79.3 cm³/mol. The van der Waals surface area contributed by atoms with Gasteiger partial charge in [-0.1, -0.05) is 56.3 Å². The van der Waals surface area contributed by atoms with Crippen LogP contribution in [0.5, 0.6) is 0 Å². The third kappa shape index (κ3) is 3.14. The molecule has 0 aliphatic heterocycles. The first-order valence-corrected chi connectivity index (χ1v) is 6.81. The number of hydrogen-bond acceptors (Lipinski definition) is 2. The lowest BCUT2D eigenvalue weighted by Gasteiger charge is -2.25. The largest absolute Gasteiger partial charge is 0.390 e. The Kier molecular flexibility index (Phi) is 4.56. The van der Waals surface area contributed by atoms with Gasteiger partial charge < -0.3 is 9.84 Å². The van der Waals surface area contributed by atoms with Gasteiger partial charge in [0.2, 0.25) is 0 Å². The van der Waals surface area contributed by atoms with E-state index in [1.807, 2.05) is 18.2 Å². The molecular weight excluding hydrogens is 236 g/mol. The van der Waals surface area contributed by atoms with Gasteiger partial charge >= 0.3 is 0 Å². The molecule has 0 saturated heterocycles. The van der Waals surface area contributed by atoms with E-state index in [-0.39, 0.29) is 6.10 Å². The lowest BCUT2D eigenvalue weighted by Crippen LogP contribution is -2.34. The first-order valence-electron chi connectivity index (χ1n) is 6.81. The fourth-order valence-corrected chi connectivity index (χ4v) is 2.69. The number of aliphatic hydroxyl groups is 1. The zero-order valence-electron chi connectivity index (χ0n) is 11.8. The van der Waals surface area contributed by atoms with Crippen LogP contribution >= 0.6 is 0 Å². The van der Waals surface area contributed by atoms with Gasteiger partial charge in [0.05, 0.1) is 12.2 Å². The molecule has 2 heteroatoms. The Morgan fingerprint density at radius 3 is 2.42 bits per heavy atom. The average Bonchev–Trinajstić information content (AvgIpc) is 2.39. The van der Waals surface area contributed by atoms with Crippen LogP contribution in [0.25, 0.3) is 10.8 Å². The summed E-state index contributed by atoms with van der Waals surface area (Å²) in [6.45, 7) is 4.14. The van der Waals surface area contributed by atoms with E-state index in [0.717, 1.165) is 0 Å². The molecule has 2 nitrogen and oxygen atoms in total. The van der Waals surface area contributed by atoms with Crippen LogP contribution in [0.1, 0.15) is 19.4 Å². The smallest absolute Gasteiger partial charge is 0.0856 e. The van der Waals surface area contributed by atoms with E-state index in [9.17, 15) is 5.11 Å². The lowest BCUT2D eigenvalue weighted by atomic mass is 9.93. The molecule has 1 N–H and O–H groups in total. The molecule has 0 heterocycles. The van der Waals surface area contributed by atoms with Crippen LogP contribution in [0.4, 0.5) is 0 Å². The molecule has 0 amide bonds. The number of benzene rings is 2. The summed E-state index contributed by atoms with van der Waals surface area (Å²) in [6, 6.07) is 14.5. The average molecular weight is 258 g/mol. The van der Waals surface area contributed by atoms with Crippen LogP contribution in [0, 0.1) is 5.92 Å². The molecule has 0 aliphatic rings. The number of ether oxygens (including phenoxy) is 1. The van der Waals surface area contributed by atoms with E-state index in [1.54, 1.807) is 7.11 Å². The fourth-order valence-electron chi connectivity index (χ4n) is 2.69. The highest BCUT2D eigenvalue weighted by Gasteiger charge is 2.22. The van der Waals surface area contributed by atoms with Crippen LogP contribution in [-0.2, 0) is 11.2 Å². The quantitative estimate of drug-likeness (QED) is 0.890. The zero-order valence-corrected chi connectivity index (χ0v) is 11.8. The summed E-state index contributed by atoms with van der Waals surface area (Å²) in [5, 5.41) is 12.8. The normalized spacial score (nSPS) is 14.8. The Bertz CT molecular complexity index is 528. The van der Waals surface area contributed by atoms with Crippen molar-refractivity contribution in [1.29, 1.82) is 0 Å². The summed E-state index contributed by atoms with van der Waals surface area (Å²) in [4.78, 5) is 0. The molecule has 19 heavy (non-hydrogen) atoms. The maximum Gasteiger partial charge on any atom is 0.0856 e. The summed E-state index contributed by atoms with van der Waals surface area (Å²) in [7, 11) is 1.66. The third-order valence-corrected chi connectivity index (χ3v) is 3.62. The monoisotopic (exact) mass is 258 g/mol. The summed E-state index contributed by atoms with van der Waals surface area (Å²) >= 11 is 0. The standard InChI is InChI=1S/C17H22O2/c1-12(2)17(19-3)16(18)11-14-9-6-8-13-7-4-5-10-15(13)14/h4-10,12,16-18H,11H2,1-3H3. The molecule has 0 bridgehead atoms. The Morgan fingerprint density at radius 1 is 1.05 bits per heavy atom. The van der Waals surface area contributed by atoms with Crippen molar-refractivity contribution in [3.8, 4) is 0 Å². The van der Waals surface area contributed by atoms with E-state index < -0.39 is 6.10 Å². The molecule has 0 fully saturated rings. The Hall–Kier alpha value is -1.38. The van der Waals surface area contributed by atoms with Gasteiger partial charge in [0.1, 0.15) is 0 Å². The van der Waals surface area contributed by atoms with Gasteiger partial charge in [-0.15, -0.1) is 0 Å². The Balaban J connectivity index is 2.26. The first kappa shape index (κ1) is 14.0. The summed E-state index contributed by atoms with van der Waals surface area (Å²) in [6.07, 6.45) is 0.0210. The Labute approximate surface area is 115 Å². The molecule has 2 rings (SSSR count). The highest BCUT2D eigenvalue weighted by atomic mass is 16.5. The minimum Gasteiger partial charge on any atom is -0.390 e. The maximum atomic E-state index is 10.4. The van der Waals surface area contributed by atoms with Crippen LogP contribution in [0.3, 0.4) is 0 Å². The highest BCUT2D eigenvalue weighted by molar-refractivity contribution is 5.85. The molecule has 0 aliphatic carbocycles. The fraction of sp³-hybridized carbons (Fsp3) is 0.412.